The normalized spacial score (nSPS) is 10.8. The smallest absolute Gasteiger partial charge is 0.123 e. The Kier molecular flexibility index (Phi) is 5.76. The van der Waals surface area contributed by atoms with Gasteiger partial charge in [-0.15, -0.1) is 0 Å². The summed E-state index contributed by atoms with van der Waals surface area (Å²) < 4.78 is 18.3. The van der Waals surface area contributed by atoms with E-state index in [1.807, 2.05) is 24.3 Å². The van der Waals surface area contributed by atoms with Crippen molar-refractivity contribution in [3.8, 4) is 5.75 Å². The van der Waals surface area contributed by atoms with Gasteiger partial charge in [-0.1, -0.05) is 13.3 Å². The lowest BCUT2D eigenvalue weighted by atomic mass is 10.2. The number of hydrazone groups is 1. The molecule has 0 heterocycles. The maximum atomic E-state index is 12.7. The van der Waals surface area contributed by atoms with Gasteiger partial charge < -0.3 is 4.74 Å². The Morgan fingerprint density at radius 1 is 1.10 bits per heavy atom. The molecule has 0 bridgehead atoms. The summed E-state index contributed by atoms with van der Waals surface area (Å²) in [5.74, 6) is 0.607. The van der Waals surface area contributed by atoms with Crippen LogP contribution in [0.5, 0.6) is 5.75 Å². The van der Waals surface area contributed by atoms with Gasteiger partial charge in [0.15, 0.2) is 0 Å². The Balaban J connectivity index is 1.84. The van der Waals surface area contributed by atoms with E-state index in [1.54, 1.807) is 18.3 Å². The summed E-state index contributed by atoms with van der Waals surface area (Å²) in [7, 11) is 0. The molecule has 0 spiro atoms. The molecule has 0 saturated heterocycles. The van der Waals surface area contributed by atoms with E-state index < -0.39 is 0 Å². The van der Waals surface area contributed by atoms with Crippen molar-refractivity contribution in [2.45, 2.75) is 19.8 Å². The Morgan fingerprint density at radius 2 is 1.81 bits per heavy atom. The van der Waals surface area contributed by atoms with Crippen molar-refractivity contribution in [1.29, 1.82) is 0 Å². The molecule has 0 aromatic heterocycles. The molecule has 0 atom stereocenters. The van der Waals surface area contributed by atoms with E-state index in [9.17, 15) is 4.39 Å². The fraction of sp³-hybridized carbons (Fsp3) is 0.235. The van der Waals surface area contributed by atoms with Crippen LogP contribution in [0.2, 0.25) is 0 Å². The van der Waals surface area contributed by atoms with Crippen molar-refractivity contribution in [2.24, 2.45) is 5.10 Å². The first-order valence-corrected chi connectivity index (χ1v) is 7.05. The van der Waals surface area contributed by atoms with Crippen molar-refractivity contribution in [1.82, 2.24) is 0 Å². The molecular formula is C17H19FN2O. The third kappa shape index (κ3) is 5.26. The predicted octanol–water partition coefficient (Wildman–Crippen LogP) is 4.45. The van der Waals surface area contributed by atoms with Crippen LogP contribution >= 0.6 is 0 Å². The minimum atomic E-state index is -0.261. The fourth-order valence-corrected chi connectivity index (χ4v) is 1.69. The monoisotopic (exact) mass is 286 g/mol. The Hall–Kier alpha value is -2.36. The molecular weight excluding hydrogens is 267 g/mol. The van der Waals surface area contributed by atoms with Crippen LogP contribution in [0, 0.1) is 5.82 Å². The highest BCUT2D eigenvalue weighted by Crippen LogP contribution is 2.12. The van der Waals surface area contributed by atoms with E-state index in [4.69, 9.17) is 4.74 Å². The second kappa shape index (κ2) is 8.04. The molecule has 110 valence electrons. The SMILES string of the molecule is CCCCOc1ccc(/C=N/Nc2ccc(F)cc2)cc1. The molecule has 0 radical (unpaired) electrons. The number of ether oxygens (including phenoxy) is 1. The van der Waals surface area contributed by atoms with Gasteiger partial charge in [0.1, 0.15) is 11.6 Å². The number of rotatable bonds is 7. The van der Waals surface area contributed by atoms with Crippen LogP contribution in [-0.2, 0) is 0 Å². The number of hydrogen-bond donors (Lipinski definition) is 1. The van der Waals surface area contributed by atoms with Crippen LogP contribution in [0.3, 0.4) is 0 Å². The largest absolute Gasteiger partial charge is 0.494 e. The van der Waals surface area contributed by atoms with Crippen LogP contribution in [-0.4, -0.2) is 12.8 Å². The van der Waals surface area contributed by atoms with Gasteiger partial charge in [-0.05, 0) is 60.5 Å². The Labute approximate surface area is 124 Å². The van der Waals surface area contributed by atoms with Crippen molar-refractivity contribution >= 4 is 11.9 Å². The van der Waals surface area contributed by atoms with Crippen molar-refractivity contribution in [2.75, 3.05) is 12.0 Å². The van der Waals surface area contributed by atoms with E-state index in [0.29, 0.717) is 0 Å². The van der Waals surface area contributed by atoms with Crippen LogP contribution in [0.1, 0.15) is 25.3 Å². The minimum Gasteiger partial charge on any atom is -0.494 e. The molecule has 1 N–H and O–H groups in total. The zero-order valence-electron chi connectivity index (χ0n) is 12.1. The zero-order valence-corrected chi connectivity index (χ0v) is 12.1. The van der Waals surface area contributed by atoms with Gasteiger partial charge in [0.05, 0.1) is 18.5 Å². The van der Waals surface area contributed by atoms with Gasteiger partial charge in [-0.25, -0.2) is 4.39 Å². The molecule has 0 aliphatic rings. The molecule has 4 heteroatoms. The first kappa shape index (κ1) is 15.0. The topological polar surface area (TPSA) is 33.6 Å². The van der Waals surface area contributed by atoms with E-state index in [1.165, 1.54) is 12.1 Å². The van der Waals surface area contributed by atoms with E-state index in [0.717, 1.165) is 36.4 Å². The van der Waals surface area contributed by atoms with Crippen LogP contribution in [0.4, 0.5) is 10.1 Å². The van der Waals surface area contributed by atoms with Gasteiger partial charge in [0.2, 0.25) is 0 Å². The van der Waals surface area contributed by atoms with Gasteiger partial charge in [-0.2, -0.15) is 5.10 Å². The highest BCUT2D eigenvalue weighted by Gasteiger charge is 1.94. The quantitative estimate of drug-likeness (QED) is 0.463. The lowest BCUT2D eigenvalue weighted by Crippen LogP contribution is -1.96. The van der Waals surface area contributed by atoms with Gasteiger partial charge in [0.25, 0.3) is 0 Å². The third-order valence-electron chi connectivity index (χ3n) is 2.90. The molecule has 2 aromatic rings. The molecule has 2 rings (SSSR count). The lowest BCUT2D eigenvalue weighted by Gasteiger charge is -2.05. The van der Waals surface area contributed by atoms with Crippen LogP contribution < -0.4 is 10.2 Å². The summed E-state index contributed by atoms with van der Waals surface area (Å²) in [6.45, 7) is 2.88. The third-order valence-corrected chi connectivity index (χ3v) is 2.90. The summed E-state index contributed by atoms with van der Waals surface area (Å²) in [5, 5.41) is 4.11. The number of anilines is 1. The van der Waals surface area contributed by atoms with Gasteiger partial charge in [-0.3, -0.25) is 5.43 Å². The average molecular weight is 286 g/mol. The van der Waals surface area contributed by atoms with Crippen molar-refractivity contribution < 1.29 is 9.13 Å². The minimum absolute atomic E-state index is 0.261. The molecule has 21 heavy (non-hydrogen) atoms. The van der Waals surface area contributed by atoms with Gasteiger partial charge in [0, 0.05) is 0 Å². The molecule has 0 aliphatic heterocycles. The predicted molar refractivity (Wildman–Crippen MR) is 84.5 cm³/mol. The first-order chi connectivity index (χ1) is 10.3. The summed E-state index contributed by atoms with van der Waals surface area (Å²) in [5.41, 5.74) is 4.56. The zero-order chi connectivity index (χ0) is 14.9. The average Bonchev–Trinajstić information content (AvgIpc) is 2.51. The first-order valence-electron chi connectivity index (χ1n) is 7.05. The van der Waals surface area contributed by atoms with Crippen LogP contribution in [0.25, 0.3) is 0 Å². The molecule has 0 saturated carbocycles. The Morgan fingerprint density at radius 3 is 2.48 bits per heavy atom. The summed E-state index contributed by atoms with van der Waals surface area (Å²) in [6.07, 6.45) is 3.89. The highest BCUT2D eigenvalue weighted by atomic mass is 19.1. The maximum Gasteiger partial charge on any atom is 0.123 e. The van der Waals surface area contributed by atoms with Crippen molar-refractivity contribution in [3.63, 3.8) is 0 Å². The molecule has 0 unspecified atom stereocenters. The molecule has 3 nitrogen and oxygen atoms in total. The molecule has 0 fully saturated rings. The lowest BCUT2D eigenvalue weighted by molar-refractivity contribution is 0.309. The van der Waals surface area contributed by atoms with E-state index >= 15 is 0 Å². The number of hydrogen-bond acceptors (Lipinski definition) is 3. The van der Waals surface area contributed by atoms with E-state index in [2.05, 4.69) is 17.5 Å². The van der Waals surface area contributed by atoms with E-state index in [-0.39, 0.29) is 5.82 Å². The second-order valence-electron chi connectivity index (χ2n) is 4.65. The fourth-order valence-electron chi connectivity index (χ4n) is 1.69. The number of benzene rings is 2. The number of nitrogens with one attached hydrogen (secondary N) is 1. The van der Waals surface area contributed by atoms with Gasteiger partial charge >= 0.3 is 0 Å². The second-order valence-corrected chi connectivity index (χ2v) is 4.65. The summed E-state index contributed by atoms with van der Waals surface area (Å²) in [4.78, 5) is 0. The summed E-state index contributed by atoms with van der Waals surface area (Å²) >= 11 is 0. The standard InChI is InChI=1S/C17H19FN2O/c1-2-3-12-21-17-10-4-14(5-11-17)13-19-20-16-8-6-15(18)7-9-16/h4-11,13,20H,2-3,12H2,1H3/b19-13+. The number of nitrogens with zero attached hydrogens (tertiary/aromatic N) is 1. The molecule has 0 aliphatic carbocycles. The highest BCUT2D eigenvalue weighted by molar-refractivity contribution is 5.80. The molecule has 0 amide bonds. The summed E-state index contributed by atoms with van der Waals surface area (Å²) in [6, 6.07) is 13.8. The Bertz CT molecular complexity index is 564. The maximum absolute atomic E-state index is 12.7. The van der Waals surface area contributed by atoms with Crippen molar-refractivity contribution in [3.05, 3.63) is 59.9 Å². The number of halogens is 1. The molecule has 2 aromatic carbocycles. The van der Waals surface area contributed by atoms with Crippen LogP contribution in [0.15, 0.2) is 53.6 Å². The number of unbranched alkanes of at least 4 members (excludes halogenated alkanes) is 1.